The number of methoxy groups -OCH3 is 1. The molecule has 1 atom stereocenters. The van der Waals surface area contributed by atoms with E-state index in [9.17, 15) is 9.59 Å². The molecule has 0 bridgehead atoms. The first-order chi connectivity index (χ1) is 11.1. The van der Waals surface area contributed by atoms with Crippen LogP contribution in [0.3, 0.4) is 0 Å². The van der Waals surface area contributed by atoms with E-state index in [1.54, 1.807) is 26.2 Å². The lowest BCUT2D eigenvalue weighted by Crippen LogP contribution is -2.29. The van der Waals surface area contributed by atoms with Crippen molar-refractivity contribution in [2.45, 2.75) is 52.1 Å². The maximum atomic E-state index is 12.5. The van der Waals surface area contributed by atoms with Crippen molar-refractivity contribution in [1.29, 1.82) is 0 Å². The number of ketones is 1. The van der Waals surface area contributed by atoms with Gasteiger partial charge in [-0.3, -0.25) is 4.79 Å². The fourth-order valence-electron chi connectivity index (χ4n) is 2.85. The minimum absolute atomic E-state index is 0.0464. The predicted molar refractivity (Wildman–Crippen MR) is 86.2 cm³/mol. The van der Waals surface area contributed by atoms with E-state index < -0.39 is 12.1 Å². The van der Waals surface area contributed by atoms with Gasteiger partial charge in [0, 0.05) is 12.0 Å². The lowest BCUT2D eigenvalue weighted by Gasteiger charge is -2.20. The summed E-state index contributed by atoms with van der Waals surface area (Å²) in [4.78, 5) is 24.5. The maximum absolute atomic E-state index is 12.5. The van der Waals surface area contributed by atoms with Crippen LogP contribution in [0, 0.1) is 0 Å². The summed E-state index contributed by atoms with van der Waals surface area (Å²) in [7, 11) is 1.60. The number of rotatable bonds is 6. The van der Waals surface area contributed by atoms with Gasteiger partial charge < -0.3 is 14.2 Å². The second-order valence-corrected chi connectivity index (χ2v) is 5.52. The number of benzene rings is 1. The first kappa shape index (κ1) is 17.3. The molecule has 0 aliphatic heterocycles. The molecule has 0 saturated carbocycles. The summed E-state index contributed by atoms with van der Waals surface area (Å²) in [5.41, 5.74) is 1.44. The van der Waals surface area contributed by atoms with Crippen LogP contribution in [0.4, 0.5) is 0 Å². The highest BCUT2D eigenvalue weighted by atomic mass is 16.6. The molecule has 0 fully saturated rings. The Morgan fingerprint density at radius 2 is 1.87 bits per heavy atom. The molecule has 0 amide bonds. The Bertz CT molecular complexity index is 579. The fourth-order valence-corrected chi connectivity index (χ4v) is 2.85. The number of fused-ring (bicyclic) bond motifs is 1. The Morgan fingerprint density at radius 3 is 2.52 bits per heavy atom. The zero-order chi connectivity index (χ0) is 16.8. The number of carbonyl (C=O) groups excluding carboxylic acids is 2. The van der Waals surface area contributed by atoms with Crippen LogP contribution in [0.2, 0.25) is 0 Å². The Balaban J connectivity index is 2.39. The molecule has 1 unspecified atom stereocenters. The van der Waals surface area contributed by atoms with Crippen LogP contribution in [-0.2, 0) is 16.0 Å². The van der Waals surface area contributed by atoms with Gasteiger partial charge >= 0.3 is 5.97 Å². The zero-order valence-electron chi connectivity index (χ0n) is 14.0. The normalized spacial score (nSPS) is 15.3. The highest BCUT2D eigenvalue weighted by Crippen LogP contribution is 2.36. The largest absolute Gasteiger partial charge is 0.496 e. The van der Waals surface area contributed by atoms with Crippen LogP contribution >= 0.6 is 0 Å². The van der Waals surface area contributed by atoms with E-state index >= 15 is 0 Å². The third-order valence-electron chi connectivity index (χ3n) is 4.00. The summed E-state index contributed by atoms with van der Waals surface area (Å²) in [5, 5.41) is 0. The number of esters is 1. The van der Waals surface area contributed by atoms with E-state index in [4.69, 9.17) is 14.2 Å². The molecule has 0 heterocycles. The van der Waals surface area contributed by atoms with Crippen LogP contribution in [0.15, 0.2) is 12.1 Å². The third-order valence-corrected chi connectivity index (χ3v) is 4.00. The van der Waals surface area contributed by atoms with Crippen molar-refractivity contribution in [2.75, 3.05) is 13.7 Å². The predicted octanol–water partition coefficient (Wildman–Crippen LogP) is 3.32. The molecule has 1 aromatic rings. The van der Waals surface area contributed by atoms with Crippen molar-refractivity contribution >= 4 is 11.8 Å². The monoisotopic (exact) mass is 320 g/mol. The Kier molecular flexibility index (Phi) is 6.02. The molecule has 0 spiro atoms. The lowest BCUT2D eigenvalue weighted by molar-refractivity contribution is -0.151. The van der Waals surface area contributed by atoms with Gasteiger partial charge in [-0.15, -0.1) is 0 Å². The number of hydrogen-bond donors (Lipinski definition) is 0. The minimum Gasteiger partial charge on any atom is -0.496 e. The van der Waals surface area contributed by atoms with Crippen molar-refractivity contribution in [1.82, 2.24) is 0 Å². The molecule has 2 rings (SSSR count). The first-order valence-electron chi connectivity index (χ1n) is 8.18. The van der Waals surface area contributed by atoms with Crippen LogP contribution in [-0.4, -0.2) is 31.6 Å². The van der Waals surface area contributed by atoms with Crippen LogP contribution in [0.5, 0.6) is 11.5 Å². The molecule has 1 aliphatic carbocycles. The van der Waals surface area contributed by atoms with Gasteiger partial charge in [-0.2, -0.15) is 0 Å². The average molecular weight is 320 g/mol. The minimum atomic E-state index is -0.705. The Morgan fingerprint density at radius 1 is 1.17 bits per heavy atom. The summed E-state index contributed by atoms with van der Waals surface area (Å²) < 4.78 is 16.3. The molecule has 0 N–H and O–H groups in total. The number of carbonyl (C=O) groups is 2. The standard InChI is InChI=1S/C18H24O5/c1-4-14(18(20)22-5-2)23-16-11-10-15(21-3)12-8-6-7-9-13(19)17(12)16/h10-11,14H,4-9H2,1-3H3. The van der Waals surface area contributed by atoms with E-state index in [1.807, 2.05) is 6.92 Å². The van der Waals surface area contributed by atoms with Gasteiger partial charge in [-0.25, -0.2) is 4.79 Å². The number of ether oxygens (including phenoxy) is 3. The molecule has 0 saturated heterocycles. The third kappa shape index (κ3) is 3.84. The Labute approximate surface area is 136 Å². The molecule has 5 heteroatoms. The van der Waals surface area contributed by atoms with Gasteiger partial charge in [0.2, 0.25) is 0 Å². The van der Waals surface area contributed by atoms with Gasteiger partial charge in [0.25, 0.3) is 0 Å². The van der Waals surface area contributed by atoms with E-state index in [0.29, 0.717) is 36.5 Å². The highest BCUT2D eigenvalue weighted by molar-refractivity contribution is 6.01. The second-order valence-electron chi connectivity index (χ2n) is 5.52. The topological polar surface area (TPSA) is 61.8 Å². The van der Waals surface area contributed by atoms with Gasteiger partial charge in [-0.05, 0) is 44.7 Å². The highest BCUT2D eigenvalue weighted by Gasteiger charge is 2.27. The van der Waals surface area contributed by atoms with Crippen molar-refractivity contribution < 1.29 is 23.8 Å². The van der Waals surface area contributed by atoms with Gasteiger partial charge in [0.1, 0.15) is 11.5 Å². The molecule has 0 radical (unpaired) electrons. The summed E-state index contributed by atoms with van der Waals surface area (Å²) in [6.45, 7) is 3.91. The van der Waals surface area contributed by atoms with E-state index in [1.165, 1.54) is 0 Å². The molecule has 1 aliphatic rings. The van der Waals surface area contributed by atoms with Crippen molar-refractivity contribution in [2.24, 2.45) is 0 Å². The lowest BCUT2D eigenvalue weighted by atomic mass is 9.99. The SMILES string of the molecule is CCOC(=O)C(CC)Oc1ccc(OC)c2c1C(=O)CCCC2. The van der Waals surface area contributed by atoms with Gasteiger partial charge in [-0.1, -0.05) is 6.92 Å². The smallest absolute Gasteiger partial charge is 0.347 e. The quantitative estimate of drug-likeness (QED) is 0.594. The fraction of sp³-hybridized carbons (Fsp3) is 0.556. The molecule has 1 aromatic carbocycles. The summed E-state index contributed by atoms with van der Waals surface area (Å²) in [5.74, 6) is 0.796. The molecule has 0 aromatic heterocycles. The summed E-state index contributed by atoms with van der Waals surface area (Å²) in [6, 6.07) is 3.51. The first-order valence-corrected chi connectivity index (χ1v) is 8.18. The van der Waals surface area contributed by atoms with Crippen molar-refractivity contribution in [3.63, 3.8) is 0 Å². The molecule has 126 valence electrons. The van der Waals surface area contributed by atoms with Crippen molar-refractivity contribution in [3.05, 3.63) is 23.3 Å². The molecular formula is C18H24O5. The Hall–Kier alpha value is -2.04. The zero-order valence-corrected chi connectivity index (χ0v) is 14.0. The molecular weight excluding hydrogens is 296 g/mol. The molecule has 5 nitrogen and oxygen atoms in total. The summed E-state index contributed by atoms with van der Waals surface area (Å²) >= 11 is 0. The average Bonchev–Trinajstić information content (AvgIpc) is 2.75. The maximum Gasteiger partial charge on any atom is 0.347 e. The molecule has 23 heavy (non-hydrogen) atoms. The van der Waals surface area contributed by atoms with E-state index in [2.05, 4.69) is 0 Å². The van der Waals surface area contributed by atoms with E-state index in [-0.39, 0.29) is 5.78 Å². The second kappa shape index (κ2) is 7.99. The summed E-state index contributed by atoms with van der Waals surface area (Å²) in [6.07, 6.45) is 2.83. The van der Waals surface area contributed by atoms with Crippen molar-refractivity contribution in [3.8, 4) is 11.5 Å². The van der Waals surface area contributed by atoms with Crippen LogP contribution in [0.25, 0.3) is 0 Å². The van der Waals surface area contributed by atoms with E-state index in [0.717, 1.165) is 24.8 Å². The van der Waals surface area contributed by atoms with Gasteiger partial charge in [0.05, 0.1) is 19.3 Å². The number of hydrogen-bond acceptors (Lipinski definition) is 5. The van der Waals surface area contributed by atoms with Crippen LogP contribution < -0.4 is 9.47 Å². The number of Topliss-reactive ketones (excluding diaryl/α,β-unsaturated/α-hetero) is 1. The van der Waals surface area contributed by atoms with Gasteiger partial charge in [0.15, 0.2) is 11.9 Å². The van der Waals surface area contributed by atoms with Crippen LogP contribution in [0.1, 0.15) is 55.5 Å².